The fourth-order valence-corrected chi connectivity index (χ4v) is 2.86. The van der Waals surface area contributed by atoms with E-state index in [1.54, 1.807) is 25.1 Å². The van der Waals surface area contributed by atoms with Gasteiger partial charge in [-0.3, -0.25) is 14.4 Å². The SMILES string of the molecule is CC(=O)Nc1cccc(/C(C)=N/N=C2/NC(=O)C(CC(=O)O)S2)c1. The lowest BCUT2D eigenvalue weighted by atomic mass is 10.1. The molecule has 24 heavy (non-hydrogen) atoms. The number of carboxylic acids is 1. The van der Waals surface area contributed by atoms with E-state index >= 15 is 0 Å². The second kappa shape index (κ2) is 7.73. The van der Waals surface area contributed by atoms with E-state index in [2.05, 4.69) is 20.8 Å². The van der Waals surface area contributed by atoms with Crippen LogP contribution in [0.1, 0.15) is 25.8 Å². The van der Waals surface area contributed by atoms with Crippen LogP contribution in [0.3, 0.4) is 0 Å². The molecule has 3 N–H and O–H groups in total. The first-order valence-electron chi connectivity index (χ1n) is 7.04. The molecule has 1 heterocycles. The number of rotatable bonds is 5. The number of carbonyl (C=O) groups excluding carboxylic acids is 2. The van der Waals surface area contributed by atoms with E-state index < -0.39 is 11.2 Å². The number of benzene rings is 1. The molecule has 1 aromatic carbocycles. The minimum atomic E-state index is -1.04. The van der Waals surface area contributed by atoms with E-state index in [4.69, 9.17) is 5.11 Å². The number of amidine groups is 1. The number of carboxylic acid groups (broad SMARTS) is 1. The van der Waals surface area contributed by atoms with Gasteiger partial charge in [-0.2, -0.15) is 5.10 Å². The normalized spacial score (nSPS) is 19.2. The lowest BCUT2D eigenvalue weighted by Gasteiger charge is -2.04. The van der Waals surface area contributed by atoms with Crippen LogP contribution >= 0.6 is 11.8 Å². The lowest BCUT2D eigenvalue weighted by Crippen LogP contribution is -2.26. The maximum atomic E-state index is 11.6. The van der Waals surface area contributed by atoms with Gasteiger partial charge in [0.25, 0.3) is 0 Å². The predicted octanol–water partition coefficient (Wildman–Crippen LogP) is 1.43. The van der Waals surface area contributed by atoms with Gasteiger partial charge in [-0.25, -0.2) is 0 Å². The van der Waals surface area contributed by atoms with Gasteiger partial charge in [0.15, 0.2) is 5.17 Å². The summed E-state index contributed by atoms with van der Waals surface area (Å²) in [5, 5.41) is 21.5. The fraction of sp³-hybridized carbons (Fsp3) is 0.267. The largest absolute Gasteiger partial charge is 0.481 e. The summed E-state index contributed by atoms with van der Waals surface area (Å²) in [6.45, 7) is 3.17. The summed E-state index contributed by atoms with van der Waals surface area (Å²) in [6.07, 6.45) is -0.267. The third-order valence-corrected chi connectivity index (χ3v) is 4.10. The van der Waals surface area contributed by atoms with Crippen molar-refractivity contribution >= 4 is 46.1 Å². The van der Waals surface area contributed by atoms with Crippen molar-refractivity contribution in [2.45, 2.75) is 25.5 Å². The Morgan fingerprint density at radius 3 is 2.79 bits per heavy atom. The van der Waals surface area contributed by atoms with Gasteiger partial charge in [0.2, 0.25) is 11.8 Å². The van der Waals surface area contributed by atoms with E-state index in [1.165, 1.54) is 6.92 Å². The number of hydrogen-bond donors (Lipinski definition) is 3. The number of nitrogens with zero attached hydrogens (tertiary/aromatic N) is 2. The fourth-order valence-electron chi connectivity index (χ4n) is 1.95. The lowest BCUT2D eigenvalue weighted by molar-refractivity contribution is -0.138. The molecule has 2 rings (SSSR count). The number of anilines is 1. The second-order valence-corrected chi connectivity index (χ2v) is 6.24. The molecule has 0 saturated carbocycles. The van der Waals surface area contributed by atoms with Crippen molar-refractivity contribution in [3.05, 3.63) is 29.8 Å². The van der Waals surface area contributed by atoms with Crippen LogP contribution in [-0.2, 0) is 14.4 Å². The second-order valence-electron chi connectivity index (χ2n) is 5.05. The Kier molecular flexibility index (Phi) is 5.69. The van der Waals surface area contributed by atoms with Crippen molar-refractivity contribution in [3.63, 3.8) is 0 Å². The van der Waals surface area contributed by atoms with E-state index in [0.717, 1.165) is 17.3 Å². The highest BCUT2D eigenvalue weighted by atomic mass is 32.2. The molecule has 126 valence electrons. The van der Waals surface area contributed by atoms with E-state index in [1.807, 2.05) is 6.07 Å². The van der Waals surface area contributed by atoms with Crippen molar-refractivity contribution in [3.8, 4) is 0 Å². The standard InChI is InChI=1S/C15H16N4O4S/c1-8(10-4-3-5-11(6-10)16-9(2)20)18-19-15-17-14(23)12(24-15)7-13(21)22/h3-6,12H,7H2,1-2H3,(H,16,20)(H,21,22)(H,17,19,23)/b18-8+. The Balaban J connectivity index is 2.10. The minimum Gasteiger partial charge on any atom is -0.481 e. The van der Waals surface area contributed by atoms with Gasteiger partial charge in [-0.1, -0.05) is 23.9 Å². The Hall–Kier alpha value is -2.68. The Morgan fingerprint density at radius 1 is 1.38 bits per heavy atom. The van der Waals surface area contributed by atoms with Crippen molar-refractivity contribution in [1.29, 1.82) is 0 Å². The molecule has 0 spiro atoms. The van der Waals surface area contributed by atoms with Crippen LogP contribution < -0.4 is 10.6 Å². The monoisotopic (exact) mass is 348 g/mol. The number of carbonyl (C=O) groups is 3. The first-order chi connectivity index (χ1) is 11.3. The number of hydrogen-bond acceptors (Lipinski definition) is 6. The Bertz CT molecular complexity index is 745. The van der Waals surface area contributed by atoms with Crippen LogP contribution in [0.4, 0.5) is 5.69 Å². The topological polar surface area (TPSA) is 120 Å². The molecule has 0 aromatic heterocycles. The summed E-state index contributed by atoms with van der Waals surface area (Å²) < 4.78 is 0. The van der Waals surface area contributed by atoms with Crippen molar-refractivity contribution < 1.29 is 19.5 Å². The highest BCUT2D eigenvalue weighted by Gasteiger charge is 2.32. The van der Waals surface area contributed by atoms with Gasteiger partial charge in [0.05, 0.1) is 12.1 Å². The molecule has 0 aliphatic carbocycles. The molecule has 1 aliphatic heterocycles. The third kappa shape index (κ3) is 4.92. The quantitative estimate of drug-likeness (QED) is 0.549. The summed E-state index contributed by atoms with van der Waals surface area (Å²) in [5.74, 6) is -1.60. The molecule has 8 nitrogen and oxygen atoms in total. The summed E-state index contributed by atoms with van der Waals surface area (Å²) in [4.78, 5) is 33.4. The van der Waals surface area contributed by atoms with Crippen molar-refractivity contribution in [1.82, 2.24) is 5.32 Å². The van der Waals surface area contributed by atoms with E-state index in [9.17, 15) is 14.4 Å². The third-order valence-electron chi connectivity index (χ3n) is 3.03. The maximum absolute atomic E-state index is 11.6. The molecule has 1 unspecified atom stereocenters. The van der Waals surface area contributed by atoms with Gasteiger partial charge >= 0.3 is 5.97 Å². The molecule has 1 aliphatic rings. The average molecular weight is 348 g/mol. The number of amides is 2. The van der Waals surface area contributed by atoms with Crippen molar-refractivity contribution in [2.75, 3.05) is 5.32 Å². The highest BCUT2D eigenvalue weighted by molar-refractivity contribution is 8.15. The van der Waals surface area contributed by atoms with Gasteiger partial charge < -0.3 is 15.7 Å². The highest BCUT2D eigenvalue weighted by Crippen LogP contribution is 2.22. The summed E-state index contributed by atoms with van der Waals surface area (Å²) in [6, 6.07) is 7.11. The molecule has 1 aromatic rings. The maximum Gasteiger partial charge on any atom is 0.305 e. The molecular formula is C15H16N4O4S. The van der Waals surface area contributed by atoms with Crippen LogP contribution in [0.15, 0.2) is 34.5 Å². The number of thioether (sulfide) groups is 1. The van der Waals surface area contributed by atoms with Crippen LogP contribution in [0, 0.1) is 0 Å². The summed E-state index contributed by atoms with van der Waals surface area (Å²) in [5.41, 5.74) is 2.00. The molecule has 0 radical (unpaired) electrons. The number of aliphatic carboxylic acids is 1. The molecular weight excluding hydrogens is 332 g/mol. The van der Waals surface area contributed by atoms with Crippen LogP contribution in [-0.4, -0.2) is 39.0 Å². The zero-order chi connectivity index (χ0) is 17.7. The smallest absolute Gasteiger partial charge is 0.305 e. The molecule has 1 saturated heterocycles. The predicted molar refractivity (Wildman–Crippen MR) is 92.2 cm³/mol. The van der Waals surface area contributed by atoms with Crippen LogP contribution in [0.25, 0.3) is 0 Å². The molecule has 0 bridgehead atoms. The summed E-state index contributed by atoms with van der Waals surface area (Å²) >= 11 is 1.04. The van der Waals surface area contributed by atoms with Gasteiger partial charge in [0, 0.05) is 12.6 Å². The minimum absolute atomic E-state index is 0.170. The first kappa shape index (κ1) is 17.7. The Labute approximate surface area is 142 Å². The molecule has 1 atom stereocenters. The molecule has 1 fully saturated rings. The Morgan fingerprint density at radius 2 is 2.12 bits per heavy atom. The zero-order valence-electron chi connectivity index (χ0n) is 13.1. The van der Waals surface area contributed by atoms with Gasteiger partial charge in [0.1, 0.15) is 5.25 Å². The summed E-state index contributed by atoms with van der Waals surface area (Å²) in [7, 11) is 0. The zero-order valence-corrected chi connectivity index (χ0v) is 13.9. The van der Waals surface area contributed by atoms with Crippen LogP contribution in [0.5, 0.6) is 0 Å². The average Bonchev–Trinajstić information content (AvgIpc) is 2.84. The van der Waals surface area contributed by atoms with Gasteiger partial charge in [-0.05, 0) is 24.6 Å². The molecule has 2 amide bonds. The van der Waals surface area contributed by atoms with E-state index in [-0.39, 0.29) is 23.4 Å². The van der Waals surface area contributed by atoms with Gasteiger partial charge in [-0.15, -0.1) is 5.10 Å². The van der Waals surface area contributed by atoms with E-state index in [0.29, 0.717) is 11.4 Å². The first-order valence-corrected chi connectivity index (χ1v) is 7.92. The van der Waals surface area contributed by atoms with Crippen molar-refractivity contribution in [2.24, 2.45) is 10.2 Å². The molecule has 9 heteroatoms. The van der Waals surface area contributed by atoms with Crippen LogP contribution in [0.2, 0.25) is 0 Å². The number of nitrogens with one attached hydrogen (secondary N) is 2.